The number of carbonyl (C=O) groups is 2. The van der Waals surface area contributed by atoms with Crippen LogP contribution in [0, 0.1) is 5.92 Å². The van der Waals surface area contributed by atoms with E-state index in [-0.39, 0.29) is 23.7 Å². The van der Waals surface area contributed by atoms with E-state index in [4.69, 9.17) is 4.99 Å². The molecule has 2 unspecified atom stereocenters. The van der Waals surface area contributed by atoms with Crippen molar-refractivity contribution in [2.75, 3.05) is 38.1 Å². The average Bonchev–Trinajstić information content (AvgIpc) is 2.69. The lowest BCUT2D eigenvalue weighted by atomic mass is 9.99. The number of anilines is 1. The van der Waals surface area contributed by atoms with Gasteiger partial charge in [0.25, 0.3) is 0 Å². The first kappa shape index (κ1) is 19.1. The van der Waals surface area contributed by atoms with Crippen LogP contribution in [0.1, 0.15) is 31.3 Å². The predicted molar refractivity (Wildman–Crippen MR) is 106 cm³/mol. The number of pyridine rings is 1. The Morgan fingerprint density at radius 2 is 1.85 bits per heavy atom. The van der Waals surface area contributed by atoms with Gasteiger partial charge in [-0.05, 0) is 19.1 Å². The highest BCUT2D eigenvalue weighted by molar-refractivity contribution is 6.00. The Kier molecular flexibility index (Phi) is 5.58. The molecule has 2 atom stereocenters. The monoisotopic (exact) mass is 369 g/mol. The number of ketones is 1. The molecule has 3 heterocycles. The zero-order chi connectivity index (χ0) is 19.6. The normalized spacial score (nSPS) is 23.8. The first-order valence-corrected chi connectivity index (χ1v) is 9.37. The molecule has 1 aromatic heterocycles. The molecule has 7 heteroatoms. The van der Waals surface area contributed by atoms with Gasteiger partial charge in [0.05, 0.1) is 23.8 Å². The van der Waals surface area contributed by atoms with Crippen LogP contribution in [0.4, 0.5) is 5.69 Å². The molecule has 0 N–H and O–H groups in total. The van der Waals surface area contributed by atoms with Gasteiger partial charge in [-0.1, -0.05) is 19.1 Å². The number of amides is 1. The Hall–Kier alpha value is -2.70. The molecule has 27 heavy (non-hydrogen) atoms. The Morgan fingerprint density at radius 3 is 2.41 bits per heavy atom. The van der Waals surface area contributed by atoms with E-state index in [1.807, 2.05) is 32.1 Å². The van der Waals surface area contributed by atoms with Crippen LogP contribution < -0.4 is 4.90 Å². The average molecular weight is 369 g/mol. The van der Waals surface area contributed by atoms with Gasteiger partial charge >= 0.3 is 0 Å². The molecule has 0 aromatic carbocycles. The quantitative estimate of drug-likeness (QED) is 0.600. The Bertz CT molecular complexity index is 763. The maximum Gasteiger partial charge on any atom is 0.234 e. The number of allylic oxidation sites excluding steroid dienone is 1. The largest absolute Gasteiger partial charge is 0.367 e. The van der Waals surface area contributed by atoms with Gasteiger partial charge in [-0.2, -0.15) is 0 Å². The van der Waals surface area contributed by atoms with Crippen LogP contribution in [-0.4, -0.2) is 71.7 Å². The van der Waals surface area contributed by atoms with Crippen LogP contribution in [0.15, 0.2) is 35.5 Å². The Labute approximate surface area is 160 Å². The van der Waals surface area contributed by atoms with Crippen LogP contribution in [0.25, 0.3) is 0 Å². The van der Waals surface area contributed by atoms with E-state index in [1.165, 1.54) is 6.92 Å². The number of hydrogen-bond acceptors (Lipinski definition) is 6. The lowest BCUT2D eigenvalue weighted by molar-refractivity contribution is -0.131. The van der Waals surface area contributed by atoms with Gasteiger partial charge < -0.3 is 9.80 Å². The smallest absolute Gasteiger partial charge is 0.234 e. The van der Waals surface area contributed by atoms with Crippen molar-refractivity contribution in [3.63, 3.8) is 0 Å². The second kappa shape index (κ2) is 7.90. The number of aromatic nitrogens is 1. The summed E-state index contributed by atoms with van der Waals surface area (Å²) in [6.45, 7) is 8.58. The molecule has 1 amide bonds. The second-order valence-corrected chi connectivity index (χ2v) is 7.06. The fraction of sp³-hybridized carbons (Fsp3) is 0.500. The minimum absolute atomic E-state index is 0.0284. The SMILES string of the molecule is C/C=C\C1N=C(N2CCN(c3ccc(C(C)=O)nc3)CC2)N(C)C(=O)C1C. The number of aliphatic imine (C=N–C) groups is 1. The van der Waals surface area contributed by atoms with Gasteiger partial charge in [0, 0.05) is 40.2 Å². The van der Waals surface area contributed by atoms with Crippen LogP contribution in [0.5, 0.6) is 0 Å². The van der Waals surface area contributed by atoms with Gasteiger partial charge in [0.1, 0.15) is 5.69 Å². The molecule has 144 valence electrons. The Balaban J connectivity index is 1.70. The number of nitrogens with zero attached hydrogens (tertiary/aromatic N) is 5. The van der Waals surface area contributed by atoms with E-state index < -0.39 is 0 Å². The van der Waals surface area contributed by atoms with E-state index in [2.05, 4.69) is 14.8 Å². The number of hydrogen-bond donors (Lipinski definition) is 0. The molecule has 0 aliphatic carbocycles. The van der Waals surface area contributed by atoms with Crippen LogP contribution in [-0.2, 0) is 4.79 Å². The molecule has 3 rings (SSSR count). The third kappa shape index (κ3) is 3.86. The van der Waals surface area contributed by atoms with E-state index in [1.54, 1.807) is 24.2 Å². The molecular weight excluding hydrogens is 342 g/mol. The molecule has 1 saturated heterocycles. The number of piperazine rings is 1. The van der Waals surface area contributed by atoms with Crippen molar-refractivity contribution in [1.82, 2.24) is 14.8 Å². The van der Waals surface area contributed by atoms with Crippen molar-refractivity contribution in [3.05, 3.63) is 36.2 Å². The fourth-order valence-corrected chi connectivity index (χ4v) is 3.53. The minimum Gasteiger partial charge on any atom is -0.367 e. The zero-order valence-corrected chi connectivity index (χ0v) is 16.4. The van der Waals surface area contributed by atoms with E-state index >= 15 is 0 Å². The van der Waals surface area contributed by atoms with Crippen molar-refractivity contribution in [2.24, 2.45) is 10.9 Å². The van der Waals surface area contributed by atoms with Crippen LogP contribution >= 0.6 is 0 Å². The third-order valence-electron chi connectivity index (χ3n) is 5.22. The van der Waals surface area contributed by atoms with Crippen molar-refractivity contribution in [1.29, 1.82) is 0 Å². The maximum atomic E-state index is 12.6. The van der Waals surface area contributed by atoms with Crippen molar-refractivity contribution in [2.45, 2.75) is 26.8 Å². The summed E-state index contributed by atoms with van der Waals surface area (Å²) >= 11 is 0. The number of carbonyl (C=O) groups excluding carboxylic acids is 2. The minimum atomic E-state index is -0.137. The molecule has 2 aliphatic rings. The predicted octanol–water partition coefficient (Wildman–Crippen LogP) is 1.82. The van der Waals surface area contributed by atoms with E-state index in [9.17, 15) is 9.59 Å². The third-order valence-corrected chi connectivity index (χ3v) is 5.22. The highest BCUT2D eigenvalue weighted by Gasteiger charge is 2.35. The van der Waals surface area contributed by atoms with E-state index in [0.717, 1.165) is 37.8 Å². The lowest BCUT2D eigenvalue weighted by Crippen LogP contribution is -2.57. The number of guanidine groups is 1. The van der Waals surface area contributed by atoms with Gasteiger partial charge in [0.2, 0.25) is 11.9 Å². The zero-order valence-electron chi connectivity index (χ0n) is 16.4. The van der Waals surface area contributed by atoms with Crippen molar-refractivity contribution >= 4 is 23.3 Å². The number of Topliss-reactive ketones (excluding diaryl/α,β-unsaturated/α-hetero) is 1. The molecule has 1 aromatic rings. The highest BCUT2D eigenvalue weighted by atomic mass is 16.2. The topological polar surface area (TPSA) is 69.1 Å². The summed E-state index contributed by atoms with van der Waals surface area (Å²) in [5.41, 5.74) is 1.49. The van der Waals surface area contributed by atoms with E-state index in [0.29, 0.717) is 5.69 Å². The Morgan fingerprint density at radius 1 is 1.19 bits per heavy atom. The highest BCUT2D eigenvalue weighted by Crippen LogP contribution is 2.22. The van der Waals surface area contributed by atoms with Crippen molar-refractivity contribution in [3.8, 4) is 0 Å². The summed E-state index contributed by atoms with van der Waals surface area (Å²) < 4.78 is 0. The molecule has 0 spiro atoms. The van der Waals surface area contributed by atoms with Crippen molar-refractivity contribution < 1.29 is 9.59 Å². The summed E-state index contributed by atoms with van der Waals surface area (Å²) in [4.78, 5) is 39.1. The summed E-state index contributed by atoms with van der Waals surface area (Å²) in [6.07, 6.45) is 5.70. The van der Waals surface area contributed by atoms with Gasteiger partial charge in [-0.15, -0.1) is 0 Å². The van der Waals surface area contributed by atoms with Crippen LogP contribution in [0.3, 0.4) is 0 Å². The maximum absolute atomic E-state index is 12.6. The lowest BCUT2D eigenvalue weighted by Gasteiger charge is -2.42. The molecular formula is C20H27N5O2. The molecule has 0 radical (unpaired) electrons. The van der Waals surface area contributed by atoms with Gasteiger partial charge in [0.15, 0.2) is 5.78 Å². The second-order valence-electron chi connectivity index (χ2n) is 7.06. The fourth-order valence-electron chi connectivity index (χ4n) is 3.53. The standard InChI is InChI=1S/C20H27N5O2/c1-5-6-17-14(2)19(27)23(4)20(22-17)25-11-9-24(10-12-25)16-7-8-18(15(3)26)21-13-16/h5-8,13-14,17H,9-12H2,1-4H3/b6-5-. The molecule has 2 aliphatic heterocycles. The van der Waals surface area contributed by atoms with Gasteiger partial charge in [-0.3, -0.25) is 19.5 Å². The molecule has 0 saturated carbocycles. The first-order chi connectivity index (χ1) is 12.9. The first-order valence-electron chi connectivity index (χ1n) is 9.37. The summed E-state index contributed by atoms with van der Waals surface area (Å²) in [6, 6.07) is 3.61. The number of rotatable bonds is 3. The summed E-state index contributed by atoms with van der Waals surface area (Å²) in [7, 11) is 1.81. The van der Waals surface area contributed by atoms with Gasteiger partial charge in [-0.25, -0.2) is 4.99 Å². The molecule has 7 nitrogen and oxygen atoms in total. The molecule has 0 bridgehead atoms. The molecule has 1 fully saturated rings. The van der Waals surface area contributed by atoms with Crippen LogP contribution in [0.2, 0.25) is 0 Å². The summed E-state index contributed by atoms with van der Waals surface area (Å²) in [5, 5.41) is 0. The summed E-state index contributed by atoms with van der Waals surface area (Å²) in [5.74, 6) is 0.696.